The maximum atomic E-state index is 11.5. The Morgan fingerprint density at radius 1 is 1.04 bits per heavy atom. The quantitative estimate of drug-likeness (QED) is 0.379. The molecule has 0 amide bonds. The molecule has 0 aromatic heterocycles. The molecule has 1 aromatic carbocycles. The number of hydrogen-bond acceptors (Lipinski definition) is 5. The fraction of sp³-hybridized carbons (Fsp3) is 0.500. The number of aliphatic carboxylic acids is 1. The standard InChI is InChI=1S/C18H24O6/c1-13(19)15-6-8-17(16(12-15)7-9-18(21)22)24-11-5-3-4-10-23-14(2)20/h6,8,12H,3-5,7,9-11H2,1-2H3,(H,21,22). The molecule has 0 atom stereocenters. The Balaban J connectivity index is 2.51. The van der Waals surface area contributed by atoms with Crippen LogP contribution in [0.4, 0.5) is 0 Å². The van der Waals surface area contributed by atoms with E-state index < -0.39 is 5.97 Å². The number of Topliss-reactive ketones (excluding diaryl/α,β-unsaturated/α-hetero) is 1. The highest BCUT2D eigenvalue weighted by Gasteiger charge is 2.10. The van der Waals surface area contributed by atoms with Gasteiger partial charge in [-0.15, -0.1) is 0 Å². The summed E-state index contributed by atoms with van der Waals surface area (Å²) in [6, 6.07) is 5.09. The summed E-state index contributed by atoms with van der Waals surface area (Å²) < 4.78 is 10.6. The Kier molecular flexibility index (Phi) is 8.54. The third kappa shape index (κ3) is 7.76. The normalized spacial score (nSPS) is 10.2. The molecule has 0 bridgehead atoms. The number of carboxylic acid groups (broad SMARTS) is 1. The zero-order chi connectivity index (χ0) is 17.9. The summed E-state index contributed by atoms with van der Waals surface area (Å²) in [6.45, 7) is 3.75. The maximum Gasteiger partial charge on any atom is 0.303 e. The van der Waals surface area contributed by atoms with Crippen LogP contribution in [0.2, 0.25) is 0 Å². The van der Waals surface area contributed by atoms with Gasteiger partial charge in [0, 0.05) is 18.9 Å². The number of benzene rings is 1. The van der Waals surface area contributed by atoms with Crippen molar-refractivity contribution in [2.45, 2.75) is 46.0 Å². The van der Waals surface area contributed by atoms with Gasteiger partial charge in [-0.05, 0) is 56.4 Å². The number of aryl methyl sites for hydroxylation is 1. The minimum Gasteiger partial charge on any atom is -0.493 e. The van der Waals surface area contributed by atoms with Gasteiger partial charge in [0.2, 0.25) is 0 Å². The van der Waals surface area contributed by atoms with Gasteiger partial charge in [-0.1, -0.05) is 0 Å². The van der Waals surface area contributed by atoms with Gasteiger partial charge in [0.15, 0.2) is 5.78 Å². The molecule has 0 aliphatic rings. The molecule has 0 radical (unpaired) electrons. The predicted octanol–water partition coefficient (Wildman–Crippen LogP) is 3.02. The molecule has 0 fully saturated rings. The number of ether oxygens (including phenoxy) is 2. The molecule has 1 N–H and O–H groups in total. The van der Waals surface area contributed by atoms with Crippen molar-refractivity contribution in [3.63, 3.8) is 0 Å². The van der Waals surface area contributed by atoms with E-state index in [2.05, 4.69) is 0 Å². The van der Waals surface area contributed by atoms with Crippen LogP contribution in [0.5, 0.6) is 5.75 Å². The number of carbonyl (C=O) groups is 3. The smallest absolute Gasteiger partial charge is 0.303 e. The van der Waals surface area contributed by atoms with E-state index in [9.17, 15) is 14.4 Å². The van der Waals surface area contributed by atoms with Gasteiger partial charge in [0.25, 0.3) is 0 Å². The van der Waals surface area contributed by atoms with E-state index in [1.807, 2.05) is 0 Å². The Bertz CT molecular complexity index is 579. The second-order valence-corrected chi connectivity index (χ2v) is 5.52. The topological polar surface area (TPSA) is 89.9 Å². The van der Waals surface area contributed by atoms with Crippen LogP contribution in [-0.4, -0.2) is 36.0 Å². The van der Waals surface area contributed by atoms with Gasteiger partial charge in [0.1, 0.15) is 5.75 Å². The van der Waals surface area contributed by atoms with E-state index in [4.69, 9.17) is 14.6 Å². The summed E-state index contributed by atoms with van der Waals surface area (Å²) in [6.07, 6.45) is 2.74. The minimum absolute atomic E-state index is 0.0138. The molecular formula is C18H24O6. The van der Waals surface area contributed by atoms with Crippen molar-refractivity contribution < 1.29 is 29.0 Å². The van der Waals surface area contributed by atoms with E-state index in [1.165, 1.54) is 13.8 Å². The van der Waals surface area contributed by atoms with Crippen LogP contribution in [0.15, 0.2) is 18.2 Å². The molecule has 6 heteroatoms. The molecule has 0 aliphatic heterocycles. The van der Waals surface area contributed by atoms with Gasteiger partial charge in [-0.25, -0.2) is 0 Å². The van der Waals surface area contributed by atoms with E-state index in [-0.39, 0.29) is 18.2 Å². The van der Waals surface area contributed by atoms with Crippen molar-refractivity contribution in [1.82, 2.24) is 0 Å². The predicted molar refractivity (Wildman–Crippen MR) is 88.4 cm³/mol. The molecule has 0 saturated carbocycles. The van der Waals surface area contributed by atoms with Crippen LogP contribution in [0.1, 0.15) is 55.5 Å². The number of unbranched alkanes of at least 4 members (excludes halogenated alkanes) is 2. The lowest BCUT2D eigenvalue weighted by molar-refractivity contribution is -0.141. The summed E-state index contributed by atoms with van der Waals surface area (Å²) >= 11 is 0. The van der Waals surface area contributed by atoms with Crippen LogP contribution in [-0.2, 0) is 20.7 Å². The Morgan fingerprint density at radius 3 is 2.38 bits per heavy atom. The number of hydrogen-bond donors (Lipinski definition) is 1. The monoisotopic (exact) mass is 336 g/mol. The Morgan fingerprint density at radius 2 is 1.75 bits per heavy atom. The number of ketones is 1. The first kappa shape index (κ1) is 19.7. The van der Waals surface area contributed by atoms with Crippen molar-refractivity contribution in [3.05, 3.63) is 29.3 Å². The zero-order valence-corrected chi connectivity index (χ0v) is 14.2. The van der Waals surface area contributed by atoms with E-state index in [0.29, 0.717) is 30.9 Å². The van der Waals surface area contributed by atoms with E-state index in [0.717, 1.165) is 24.8 Å². The average Bonchev–Trinajstić information content (AvgIpc) is 2.52. The Hall–Kier alpha value is -2.37. The van der Waals surface area contributed by atoms with Crippen LogP contribution < -0.4 is 4.74 Å². The lowest BCUT2D eigenvalue weighted by Crippen LogP contribution is -2.05. The number of carboxylic acids is 1. The highest BCUT2D eigenvalue weighted by molar-refractivity contribution is 5.94. The molecule has 0 spiro atoms. The van der Waals surface area contributed by atoms with Crippen molar-refractivity contribution in [2.75, 3.05) is 13.2 Å². The summed E-state index contributed by atoms with van der Waals surface area (Å²) in [4.78, 5) is 32.9. The number of carbonyl (C=O) groups excluding carboxylic acids is 2. The van der Waals surface area contributed by atoms with Crippen LogP contribution in [0.3, 0.4) is 0 Å². The average molecular weight is 336 g/mol. The van der Waals surface area contributed by atoms with Gasteiger partial charge in [0.05, 0.1) is 13.2 Å². The number of rotatable bonds is 11. The fourth-order valence-corrected chi connectivity index (χ4v) is 2.16. The SMILES string of the molecule is CC(=O)OCCCCCOc1ccc(C(C)=O)cc1CCC(=O)O. The largest absolute Gasteiger partial charge is 0.493 e. The van der Waals surface area contributed by atoms with Gasteiger partial charge >= 0.3 is 11.9 Å². The lowest BCUT2D eigenvalue weighted by Gasteiger charge is -2.12. The molecule has 1 aromatic rings. The minimum atomic E-state index is -0.889. The first-order chi connectivity index (χ1) is 11.4. The molecule has 0 aliphatic carbocycles. The molecule has 0 saturated heterocycles. The highest BCUT2D eigenvalue weighted by Crippen LogP contribution is 2.22. The van der Waals surface area contributed by atoms with E-state index >= 15 is 0 Å². The molecule has 132 valence electrons. The van der Waals surface area contributed by atoms with Crippen molar-refractivity contribution in [2.24, 2.45) is 0 Å². The zero-order valence-electron chi connectivity index (χ0n) is 14.2. The van der Waals surface area contributed by atoms with Crippen LogP contribution >= 0.6 is 0 Å². The highest BCUT2D eigenvalue weighted by atomic mass is 16.5. The second-order valence-electron chi connectivity index (χ2n) is 5.52. The van der Waals surface area contributed by atoms with Crippen molar-refractivity contribution in [1.29, 1.82) is 0 Å². The molecule has 0 unspecified atom stereocenters. The summed E-state index contributed by atoms with van der Waals surface area (Å²) in [5, 5.41) is 8.84. The van der Waals surface area contributed by atoms with Gasteiger partial charge in [-0.3, -0.25) is 14.4 Å². The van der Waals surface area contributed by atoms with Crippen molar-refractivity contribution >= 4 is 17.7 Å². The second kappa shape index (κ2) is 10.4. The molecule has 24 heavy (non-hydrogen) atoms. The first-order valence-electron chi connectivity index (χ1n) is 8.02. The van der Waals surface area contributed by atoms with Crippen molar-refractivity contribution in [3.8, 4) is 5.75 Å². The fourth-order valence-electron chi connectivity index (χ4n) is 2.16. The Labute approximate surface area is 141 Å². The molecule has 0 heterocycles. The third-order valence-corrected chi connectivity index (χ3v) is 3.43. The first-order valence-corrected chi connectivity index (χ1v) is 8.02. The molecule has 1 rings (SSSR count). The van der Waals surface area contributed by atoms with E-state index in [1.54, 1.807) is 18.2 Å². The van der Waals surface area contributed by atoms with Crippen LogP contribution in [0, 0.1) is 0 Å². The van der Waals surface area contributed by atoms with Gasteiger partial charge < -0.3 is 14.6 Å². The summed E-state index contributed by atoms with van der Waals surface area (Å²) in [5.41, 5.74) is 1.27. The summed E-state index contributed by atoms with van der Waals surface area (Å²) in [5.74, 6) is -0.621. The van der Waals surface area contributed by atoms with Gasteiger partial charge in [-0.2, -0.15) is 0 Å². The number of esters is 1. The summed E-state index contributed by atoms with van der Waals surface area (Å²) in [7, 11) is 0. The maximum absolute atomic E-state index is 11.5. The molecule has 6 nitrogen and oxygen atoms in total. The lowest BCUT2D eigenvalue weighted by atomic mass is 10.0. The van der Waals surface area contributed by atoms with Crippen LogP contribution in [0.25, 0.3) is 0 Å². The molecular weight excluding hydrogens is 312 g/mol. The third-order valence-electron chi connectivity index (χ3n) is 3.43.